The van der Waals surface area contributed by atoms with Crippen LogP contribution in [0, 0.1) is 17.0 Å². The van der Waals surface area contributed by atoms with E-state index in [-0.39, 0.29) is 18.1 Å². The summed E-state index contributed by atoms with van der Waals surface area (Å²) in [6.07, 6.45) is 1.61. The number of aromatic nitrogens is 1. The molecule has 0 saturated heterocycles. The molecule has 0 aromatic carbocycles. The molecule has 0 aliphatic rings. The summed E-state index contributed by atoms with van der Waals surface area (Å²) in [4.78, 5) is 25.3. The van der Waals surface area contributed by atoms with Crippen molar-refractivity contribution in [3.8, 4) is 0 Å². The topological polar surface area (TPSA) is 94.4 Å². The SMILES string of the molecule is CCOC(=O)CCNc1cc([N+](=O)[O-])c(C)cn1. The highest BCUT2D eigenvalue weighted by Gasteiger charge is 2.12. The van der Waals surface area contributed by atoms with Gasteiger partial charge in [-0.2, -0.15) is 0 Å². The Bertz CT molecular complexity index is 448. The third-order valence-electron chi connectivity index (χ3n) is 2.21. The highest BCUT2D eigenvalue weighted by atomic mass is 16.6. The van der Waals surface area contributed by atoms with E-state index in [9.17, 15) is 14.9 Å². The fraction of sp³-hybridized carbons (Fsp3) is 0.455. The van der Waals surface area contributed by atoms with Gasteiger partial charge in [0.2, 0.25) is 0 Å². The molecule has 0 unspecified atom stereocenters. The number of anilines is 1. The average Bonchev–Trinajstić information content (AvgIpc) is 2.31. The fourth-order valence-corrected chi connectivity index (χ4v) is 1.33. The smallest absolute Gasteiger partial charge is 0.307 e. The maximum atomic E-state index is 11.1. The van der Waals surface area contributed by atoms with Crippen LogP contribution in [0.4, 0.5) is 11.5 Å². The Morgan fingerprint density at radius 2 is 2.33 bits per heavy atom. The van der Waals surface area contributed by atoms with Crippen LogP contribution in [0.25, 0.3) is 0 Å². The number of rotatable bonds is 6. The first kappa shape index (κ1) is 13.9. The van der Waals surface area contributed by atoms with E-state index in [1.165, 1.54) is 12.3 Å². The molecule has 98 valence electrons. The lowest BCUT2D eigenvalue weighted by Gasteiger charge is -2.06. The minimum Gasteiger partial charge on any atom is -0.466 e. The van der Waals surface area contributed by atoms with E-state index in [1.54, 1.807) is 13.8 Å². The van der Waals surface area contributed by atoms with Crippen LogP contribution in [0.3, 0.4) is 0 Å². The van der Waals surface area contributed by atoms with E-state index in [4.69, 9.17) is 4.74 Å². The zero-order valence-electron chi connectivity index (χ0n) is 10.3. The molecule has 0 saturated carbocycles. The number of ether oxygens (including phenoxy) is 1. The molecule has 0 spiro atoms. The van der Waals surface area contributed by atoms with Gasteiger partial charge in [-0.15, -0.1) is 0 Å². The highest BCUT2D eigenvalue weighted by Crippen LogP contribution is 2.19. The monoisotopic (exact) mass is 253 g/mol. The second-order valence-corrected chi connectivity index (χ2v) is 3.59. The Labute approximate surface area is 104 Å². The lowest BCUT2D eigenvalue weighted by molar-refractivity contribution is -0.385. The van der Waals surface area contributed by atoms with Crippen molar-refractivity contribution in [2.75, 3.05) is 18.5 Å². The van der Waals surface area contributed by atoms with Gasteiger partial charge >= 0.3 is 5.97 Å². The number of nitro groups is 1. The fourth-order valence-electron chi connectivity index (χ4n) is 1.33. The molecular formula is C11H15N3O4. The van der Waals surface area contributed by atoms with Crippen molar-refractivity contribution in [1.82, 2.24) is 4.98 Å². The van der Waals surface area contributed by atoms with Gasteiger partial charge < -0.3 is 10.1 Å². The second-order valence-electron chi connectivity index (χ2n) is 3.59. The molecular weight excluding hydrogens is 238 g/mol. The molecule has 7 nitrogen and oxygen atoms in total. The summed E-state index contributed by atoms with van der Waals surface area (Å²) in [5.41, 5.74) is 0.500. The maximum Gasteiger partial charge on any atom is 0.307 e. The first-order valence-electron chi connectivity index (χ1n) is 5.55. The summed E-state index contributed by atoms with van der Waals surface area (Å²) < 4.78 is 4.75. The van der Waals surface area contributed by atoms with Crippen LogP contribution in [-0.4, -0.2) is 29.0 Å². The number of esters is 1. The molecule has 0 aliphatic carbocycles. The molecule has 1 rings (SSSR count). The minimum atomic E-state index is -0.465. The van der Waals surface area contributed by atoms with Crippen molar-refractivity contribution in [2.24, 2.45) is 0 Å². The number of carbonyl (C=O) groups is 1. The third kappa shape index (κ3) is 4.00. The molecule has 0 aliphatic heterocycles. The predicted molar refractivity (Wildman–Crippen MR) is 65.4 cm³/mol. The molecule has 0 fully saturated rings. The lowest BCUT2D eigenvalue weighted by Crippen LogP contribution is -2.12. The van der Waals surface area contributed by atoms with Crippen LogP contribution >= 0.6 is 0 Å². The van der Waals surface area contributed by atoms with E-state index in [2.05, 4.69) is 10.3 Å². The zero-order chi connectivity index (χ0) is 13.5. The van der Waals surface area contributed by atoms with Gasteiger partial charge in [0, 0.05) is 18.3 Å². The number of carbonyl (C=O) groups excluding carboxylic acids is 1. The number of hydrogen-bond donors (Lipinski definition) is 1. The van der Waals surface area contributed by atoms with E-state index in [1.807, 2.05) is 0 Å². The number of hydrogen-bond acceptors (Lipinski definition) is 6. The average molecular weight is 253 g/mol. The van der Waals surface area contributed by atoms with E-state index >= 15 is 0 Å². The van der Waals surface area contributed by atoms with E-state index in [0.29, 0.717) is 24.5 Å². The van der Waals surface area contributed by atoms with Gasteiger partial charge in [-0.1, -0.05) is 0 Å². The molecule has 0 radical (unpaired) electrons. The molecule has 1 aromatic rings. The van der Waals surface area contributed by atoms with Crippen molar-refractivity contribution in [1.29, 1.82) is 0 Å². The van der Waals surface area contributed by atoms with Crippen LogP contribution in [0.15, 0.2) is 12.3 Å². The van der Waals surface area contributed by atoms with Crippen LogP contribution in [-0.2, 0) is 9.53 Å². The normalized spacial score (nSPS) is 9.89. The summed E-state index contributed by atoms with van der Waals surface area (Å²) in [5.74, 6) is 0.0585. The molecule has 7 heteroatoms. The highest BCUT2D eigenvalue weighted by molar-refractivity contribution is 5.70. The Morgan fingerprint density at radius 3 is 2.94 bits per heavy atom. The van der Waals surface area contributed by atoms with Crippen LogP contribution in [0.5, 0.6) is 0 Å². The van der Waals surface area contributed by atoms with Gasteiger partial charge in [0.1, 0.15) is 5.82 Å². The number of nitrogens with one attached hydrogen (secondary N) is 1. The Hall–Kier alpha value is -2.18. The largest absolute Gasteiger partial charge is 0.466 e. The Balaban J connectivity index is 2.55. The van der Waals surface area contributed by atoms with Crippen molar-refractivity contribution in [2.45, 2.75) is 20.3 Å². The summed E-state index contributed by atoms with van der Waals surface area (Å²) >= 11 is 0. The minimum absolute atomic E-state index is 0.00337. The van der Waals surface area contributed by atoms with E-state index in [0.717, 1.165) is 0 Å². The maximum absolute atomic E-state index is 11.1. The van der Waals surface area contributed by atoms with Crippen LogP contribution in [0.1, 0.15) is 18.9 Å². The quantitative estimate of drug-likeness (QED) is 0.470. The van der Waals surface area contributed by atoms with Crippen molar-refractivity contribution >= 4 is 17.5 Å². The van der Waals surface area contributed by atoms with Gasteiger partial charge in [-0.3, -0.25) is 14.9 Å². The number of aryl methyl sites for hydroxylation is 1. The molecule has 0 amide bonds. The molecule has 1 aromatic heterocycles. The lowest BCUT2D eigenvalue weighted by atomic mass is 10.2. The second kappa shape index (κ2) is 6.53. The van der Waals surface area contributed by atoms with Gasteiger partial charge in [0.15, 0.2) is 0 Å². The molecule has 0 atom stereocenters. The Morgan fingerprint density at radius 1 is 1.61 bits per heavy atom. The number of pyridine rings is 1. The summed E-state index contributed by atoms with van der Waals surface area (Å²) in [7, 11) is 0. The predicted octanol–water partition coefficient (Wildman–Crippen LogP) is 1.66. The van der Waals surface area contributed by atoms with Crippen LogP contribution in [0.2, 0.25) is 0 Å². The first-order valence-corrected chi connectivity index (χ1v) is 5.55. The summed E-state index contributed by atoms with van der Waals surface area (Å²) in [6, 6.07) is 1.35. The Kier molecular flexibility index (Phi) is 5.04. The third-order valence-corrected chi connectivity index (χ3v) is 2.21. The molecule has 1 N–H and O–H groups in total. The standard InChI is InChI=1S/C11H15N3O4/c1-3-18-11(15)4-5-12-10-6-9(14(16)17)8(2)7-13-10/h6-7H,3-5H2,1-2H3,(H,12,13). The van der Waals surface area contributed by atoms with Gasteiger partial charge in [0.05, 0.1) is 24.0 Å². The van der Waals surface area contributed by atoms with E-state index < -0.39 is 4.92 Å². The molecule has 1 heterocycles. The molecule has 0 bridgehead atoms. The van der Waals surface area contributed by atoms with Crippen molar-refractivity contribution < 1.29 is 14.5 Å². The molecule has 18 heavy (non-hydrogen) atoms. The summed E-state index contributed by atoms with van der Waals surface area (Å²) in [5, 5.41) is 13.6. The van der Waals surface area contributed by atoms with Gasteiger partial charge in [-0.05, 0) is 13.8 Å². The van der Waals surface area contributed by atoms with Crippen molar-refractivity contribution in [3.05, 3.63) is 27.9 Å². The van der Waals surface area contributed by atoms with Crippen molar-refractivity contribution in [3.63, 3.8) is 0 Å². The summed E-state index contributed by atoms with van der Waals surface area (Å²) in [6.45, 7) is 4.02. The number of nitrogens with zero attached hydrogens (tertiary/aromatic N) is 2. The van der Waals surface area contributed by atoms with Gasteiger partial charge in [0.25, 0.3) is 5.69 Å². The van der Waals surface area contributed by atoms with Gasteiger partial charge in [-0.25, -0.2) is 4.98 Å². The first-order chi connectivity index (χ1) is 8.54. The van der Waals surface area contributed by atoms with Crippen LogP contribution < -0.4 is 5.32 Å². The zero-order valence-corrected chi connectivity index (χ0v) is 10.3.